The second-order valence-electron chi connectivity index (χ2n) is 7.13. The van der Waals surface area contributed by atoms with Crippen molar-refractivity contribution >= 4 is 33.1 Å². The van der Waals surface area contributed by atoms with Gasteiger partial charge >= 0.3 is 0 Å². The molecule has 4 rings (SSSR count). The van der Waals surface area contributed by atoms with E-state index in [1.807, 2.05) is 66.7 Å². The fraction of sp³-hybridized carbons (Fsp3) is 0.167. The van der Waals surface area contributed by atoms with Crippen molar-refractivity contribution < 1.29 is 4.79 Å². The van der Waals surface area contributed by atoms with Crippen LogP contribution in [0.3, 0.4) is 0 Å². The largest absolute Gasteiger partial charge is 0.322 e. The zero-order chi connectivity index (χ0) is 20.2. The Labute approximate surface area is 174 Å². The zero-order valence-electron chi connectivity index (χ0n) is 16.5. The lowest BCUT2D eigenvalue weighted by molar-refractivity contribution is 0.102. The summed E-state index contributed by atoms with van der Waals surface area (Å²) < 4.78 is 1.22. The lowest BCUT2D eigenvalue weighted by Gasteiger charge is -2.23. The summed E-state index contributed by atoms with van der Waals surface area (Å²) in [6, 6.07) is 25.7. The molecule has 0 unspecified atom stereocenters. The fourth-order valence-corrected chi connectivity index (χ4v) is 4.25. The van der Waals surface area contributed by atoms with E-state index in [0.29, 0.717) is 5.56 Å². The van der Waals surface area contributed by atoms with Gasteiger partial charge in [-0.2, -0.15) is 0 Å². The number of anilines is 1. The summed E-state index contributed by atoms with van der Waals surface area (Å²) >= 11 is 1.75. The Morgan fingerprint density at radius 3 is 2.41 bits per heavy atom. The first kappa shape index (κ1) is 19.3. The van der Waals surface area contributed by atoms with Crippen LogP contribution in [-0.2, 0) is 6.54 Å². The number of hydrogen-bond acceptors (Lipinski definition) is 4. The number of nitrogens with zero attached hydrogens (tertiary/aromatic N) is 2. The third-order valence-corrected chi connectivity index (χ3v) is 6.22. The Kier molecular flexibility index (Phi) is 5.69. The third-order valence-electron chi connectivity index (χ3n) is 5.01. The van der Waals surface area contributed by atoms with Gasteiger partial charge in [0.1, 0.15) is 5.01 Å². The molecular formula is C24H23N3OS. The molecule has 1 amide bonds. The van der Waals surface area contributed by atoms with Crippen LogP contribution in [0.4, 0.5) is 5.69 Å². The van der Waals surface area contributed by atoms with Crippen molar-refractivity contribution in [1.82, 2.24) is 9.88 Å². The summed E-state index contributed by atoms with van der Waals surface area (Å²) in [7, 11) is 2.10. The summed E-state index contributed by atoms with van der Waals surface area (Å²) in [5.74, 6) is -0.0982. The van der Waals surface area contributed by atoms with Gasteiger partial charge in [0.15, 0.2) is 0 Å². The number of fused-ring (bicyclic) bond motifs is 1. The predicted octanol–water partition coefficient (Wildman–Crippen LogP) is 5.74. The number of carbonyl (C=O) groups is 1. The number of para-hydroxylation sites is 2. The molecule has 0 saturated heterocycles. The third kappa shape index (κ3) is 4.53. The van der Waals surface area contributed by atoms with Crippen molar-refractivity contribution in [3.63, 3.8) is 0 Å². The molecule has 0 saturated carbocycles. The Balaban J connectivity index is 1.40. The Hall–Kier alpha value is -3.02. The van der Waals surface area contributed by atoms with E-state index in [2.05, 4.69) is 36.3 Å². The number of benzene rings is 3. The van der Waals surface area contributed by atoms with Gasteiger partial charge in [-0.15, -0.1) is 11.3 Å². The topological polar surface area (TPSA) is 45.2 Å². The van der Waals surface area contributed by atoms with E-state index in [1.165, 1.54) is 4.70 Å². The van der Waals surface area contributed by atoms with Crippen LogP contribution in [0.25, 0.3) is 10.2 Å². The van der Waals surface area contributed by atoms with Crippen molar-refractivity contribution in [3.05, 3.63) is 95.0 Å². The van der Waals surface area contributed by atoms with Crippen LogP contribution in [0, 0.1) is 0 Å². The van der Waals surface area contributed by atoms with E-state index in [0.717, 1.165) is 28.3 Å². The van der Waals surface area contributed by atoms with Gasteiger partial charge in [-0.1, -0.05) is 42.5 Å². The predicted molar refractivity (Wildman–Crippen MR) is 120 cm³/mol. The van der Waals surface area contributed by atoms with Crippen LogP contribution >= 0.6 is 11.3 Å². The van der Waals surface area contributed by atoms with E-state index in [9.17, 15) is 4.79 Å². The SMILES string of the molecule is C[C@H](c1nc2ccccc2s1)N(C)Cc1ccc(C(=O)Nc2ccccc2)cc1. The maximum absolute atomic E-state index is 12.4. The van der Waals surface area contributed by atoms with Gasteiger partial charge in [0.2, 0.25) is 0 Å². The highest BCUT2D eigenvalue weighted by Crippen LogP contribution is 2.29. The highest BCUT2D eigenvalue weighted by Gasteiger charge is 2.16. The molecule has 4 nitrogen and oxygen atoms in total. The van der Waals surface area contributed by atoms with Crippen molar-refractivity contribution in [1.29, 1.82) is 0 Å². The smallest absolute Gasteiger partial charge is 0.255 e. The van der Waals surface area contributed by atoms with Gasteiger partial charge in [0.05, 0.1) is 16.3 Å². The average molecular weight is 402 g/mol. The molecule has 146 valence electrons. The minimum atomic E-state index is -0.0982. The van der Waals surface area contributed by atoms with E-state index in [4.69, 9.17) is 4.98 Å². The molecule has 29 heavy (non-hydrogen) atoms. The van der Waals surface area contributed by atoms with Crippen LogP contribution in [0.2, 0.25) is 0 Å². The van der Waals surface area contributed by atoms with Crippen molar-refractivity contribution in [3.8, 4) is 0 Å². The Morgan fingerprint density at radius 1 is 1.00 bits per heavy atom. The number of carbonyl (C=O) groups excluding carboxylic acids is 1. The van der Waals surface area contributed by atoms with Crippen molar-refractivity contribution in [2.75, 3.05) is 12.4 Å². The monoisotopic (exact) mass is 401 g/mol. The van der Waals surface area contributed by atoms with Gasteiger partial charge in [-0.05, 0) is 55.9 Å². The molecule has 5 heteroatoms. The summed E-state index contributed by atoms with van der Waals surface area (Å²) in [5.41, 5.74) is 3.67. The molecule has 0 aliphatic heterocycles. The second kappa shape index (κ2) is 8.55. The summed E-state index contributed by atoms with van der Waals surface area (Å²) in [6.07, 6.45) is 0. The molecule has 0 aliphatic rings. The number of hydrogen-bond donors (Lipinski definition) is 1. The number of rotatable bonds is 6. The number of aromatic nitrogens is 1. The molecular weight excluding hydrogens is 378 g/mol. The van der Waals surface area contributed by atoms with Gasteiger partial charge in [-0.3, -0.25) is 9.69 Å². The first-order valence-electron chi connectivity index (χ1n) is 9.61. The number of thiazole rings is 1. The minimum Gasteiger partial charge on any atom is -0.322 e. The summed E-state index contributed by atoms with van der Waals surface area (Å²) in [6.45, 7) is 2.97. The van der Waals surface area contributed by atoms with Gasteiger partial charge < -0.3 is 5.32 Å². The van der Waals surface area contributed by atoms with Crippen LogP contribution in [-0.4, -0.2) is 22.8 Å². The first-order chi connectivity index (χ1) is 14.1. The first-order valence-corrected chi connectivity index (χ1v) is 10.4. The maximum atomic E-state index is 12.4. The highest BCUT2D eigenvalue weighted by molar-refractivity contribution is 7.18. The van der Waals surface area contributed by atoms with Gasteiger partial charge in [0.25, 0.3) is 5.91 Å². The van der Waals surface area contributed by atoms with Crippen molar-refractivity contribution in [2.45, 2.75) is 19.5 Å². The molecule has 0 aliphatic carbocycles. The Morgan fingerprint density at radius 2 is 1.69 bits per heavy atom. The molecule has 4 aromatic rings. The van der Waals surface area contributed by atoms with Gasteiger partial charge in [0, 0.05) is 17.8 Å². The molecule has 0 spiro atoms. The lowest BCUT2D eigenvalue weighted by Crippen LogP contribution is -2.22. The quantitative estimate of drug-likeness (QED) is 0.448. The zero-order valence-corrected chi connectivity index (χ0v) is 17.3. The molecule has 1 N–H and O–H groups in total. The number of nitrogens with one attached hydrogen (secondary N) is 1. The molecule has 1 heterocycles. The van der Waals surface area contributed by atoms with E-state index < -0.39 is 0 Å². The molecule has 0 bridgehead atoms. The van der Waals surface area contributed by atoms with Crippen molar-refractivity contribution in [2.24, 2.45) is 0 Å². The van der Waals surface area contributed by atoms with E-state index in [1.54, 1.807) is 11.3 Å². The van der Waals surface area contributed by atoms with Crippen LogP contribution in [0.1, 0.15) is 33.9 Å². The van der Waals surface area contributed by atoms with Crippen LogP contribution < -0.4 is 5.32 Å². The highest BCUT2D eigenvalue weighted by atomic mass is 32.1. The standard InChI is InChI=1S/C24H23N3OS/c1-17(24-26-21-10-6-7-11-22(21)29-24)27(2)16-18-12-14-19(15-13-18)23(28)25-20-8-4-3-5-9-20/h3-15,17H,16H2,1-2H3,(H,25,28)/t17-/m1/s1. The van der Waals surface area contributed by atoms with E-state index in [-0.39, 0.29) is 11.9 Å². The molecule has 0 fully saturated rings. The maximum Gasteiger partial charge on any atom is 0.255 e. The number of amides is 1. The molecule has 3 aromatic carbocycles. The molecule has 0 radical (unpaired) electrons. The normalized spacial score (nSPS) is 12.2. The molecule has 1 atom stereocenters. The van der Waals surface area contributed by atoms with Gasteiger partial charge in [-0.25, -0.2) is 4.98 Å². The fourth-order valence-electron chi connectivity index (χ4n) is 3.17. The lowest BCUT2D eigenvalue weighted by atomic mass is 10.1. The van der Waals surface area contributed by atoms with E-state index >= 15 is 0 Å². The average Bonchev–Trinajstić information content (AvgIpc) is 3.18. The molecule has 1 aromatic heterocycles. The summed E-state index contributed by atoms with van der Waals surface area (Å²) in [5, 5.41) is 4.03. The Bertz CT molecular complexity index is 1070. The van der Waals surface area contributed by atoms with Crippen LogP contribution in [0.15, 0.2) is 78.9 Å². The van der Waals surface area contributed by atoms with Crippen LogP contribution in [0.5, 0.6) is 0 Å². The summed E-state index contributed by atoms with van der Waals surface area (Å²) in [4.78, 5) is 19.4. The second-order valence-corrected chi connectivity index (χ2v) is 8.19. The minimum absolute atomic E-state index is 0.0982.